The summed E-state index contributed by atoms with van der Waals surface area (Å²) in [6.45, 7) is 5.45. The zero-order chi connectivity index (χ0) is 27.4. The highest BCUT2D eigenvalue weighted by atomic mass is 32.2. The van der Waals surface area contributed by atoms with Gasteiger partial charge in [-0.05, 0) is 59.3 Å². The Bertz CT molecular complexity index is 1040. The standard InChI is InChI=1S/C24H37FN4O7S/c1-23(2,3)36-22(33)26-17-11-8-6-4-5-7-10-16-14-24(16,21(32)28-37(34,35)15-25)27-19(30)18-12-9-13-29(18)20(17)31/h7,10,16-18H,4-6,8-9,11-15H2,1-3H3,(H,26,33)(H,27,30)(H,28,32)/b10-7-/t16-,17+,18+,24-/m1/s1. The van der Waals surface area contributed by atoms with Gasteiger partial charge in [0.2, 0.25) is 17.8 Å². The number of fused-ring (bicyclic) bond motifs is 2. The van der Waals surface area contributed by atoms with Crippen LogP contribution >= 0.6 is 0 Å². The van der Waals surface area contributed by atoms with Gasteiger partial charge in [-0.2, -0.15) is 0 Å². The van der Waals surface area contributed by atoms with Crippen molar-refractivity contribution in [2.45, 2.75) is 95.4 Å². The van der Waals surface area contributed by atoms with Crippen LogP contribution < -0.4 is 15.4 Å². The zero-order valence-electron chi connectivity index (χ0n) is 21.5. The minimum atomic E-state index is -4.48. The van der Waals surface area contributed by atoms with E-state index >= 15 is 0 Å². The third-order valence-corrected chi connectivity index (χ3v) is 7.50. The summed E-state index contributed by atoms with van der Waals surface area (Å²) in [5.74, 6) is -2.47. The summed E-state index contributed by atoms with van der Waals surface area (Å²) >= 11 is 0. The van der Waals surface area contributed by atoms with Gasteiger partial charge < -0.3 is 20.3 Å². The molecule has 0 aromatic rings. The second-order valence-corrected chi connectivity index (χ2v) is 12.5. The van der Waals surface area contributed by atoms with Crippen molar-refractivity contribution in [1.82, 2.24) is 20.3 Å². The van der Waals surface area contributed by atoms with Crippen molar-refractivity contribution in [3.63, 3.8) is 0 Å². The molecule has 3 rings (SSSR count). The lowest BCUT2D eigenvalue weighted by atomic mass is 10.0. The van der Waals surface area contributed by atoms with Crippen molar-refractivity contribution in [2.24, 2.45) is 5.92 Å². The van der Waals surface area contributed by atoms with Crippen LogP contribution in [-0.2, 0) is 29.1 Å². The highest BCUT2D eigenvalue weighted by Crippen LogP contribution is 2.45. The topological polar surface area (TPSA) is 151 Å². The van der Waals surface area contributed by atoms with Crippen LogP contribution in [0.1, 0.15) is 72.1 Å². The second-order valence-electron chi connectivity index (χ2n) is 10.9. The Labute approximate surface area is 217 Å². The number of carbonyl (C=O) groups is 4. The molecule has 0 aromatic carbocycles. The Balaban J connectivity index is 1.84. The molecule has 0 spiro atoms. The van der Waals surface area contributed by atoms with Crippen LogP contribution in [0.15, 0.2) is 12.2 Å². The lowest BCUT2D eigenvalue weighted by Gasteiger charge is -2.30. The number of hydrogen-bond donors (Lipinski definition) is 3. The largest absolute Gasteiger partial charge is 0.444 e. The maximum absolute atomic E-state index is 13.5. The molecule has 4 amide bonds. The number of allylic oxidation sites excluding steroid dienone is 1. The van der Waals surface area contributed by atoms with E-state index in [9.17, 15) is 32.0 Å². The third-order valence-electron chi connectivity index (χ3n) is 6.72. The Morgan fingerprint density at radius 2 is 1.92 bits per heavy atom. The van der Waals surface area contributed by atoms with E-state index < -0.39 is 69.0 Å². The number of carbonyl (C=O) groups excluding carboxylic acids is 4. The first-order valence-electron chi connectivity index (χ1n) is 12.7. The normalized spacial score (nSPS) is 30.1. The van der Waals surface area contributed by atoms with Crippen LogP contribution in [0.2, 0.25) is 0 Å². The molecule has 3 aliphatic rings. The number of nitrogens with one attached hydrogen (secondary N) is 3. The molecule has 0 bridgehead atoms. The van der Waals surface area contributed by atoms with Gasteiger partial charge in [-0.15, -0.1) is 0 Å². The van der Waals surface area contributed by atoms with Gasteiger partial charge in [0.25, 0.3) is 15.9 Å². The number of nitrogens with zero attached hydrogens (tertiary/aromatic N) is 1. The van der Waals surface area contributed by atoms with Gasteiger partial charge in [0.05, 0.1) is 0 Å². The number of halogens is 1. The van der Waals surface area contributed by atoms with Crippen molar-refractivity contribution in [1.29, 1.82) is 0 Å². The number of ether oxygens (including phenoxy) is 1. The fraction of sp³-hybridized carbons (Fsp3) is 0.750. The molecule has 0 unspecified atom stereocenters. The highest BCUT2D eigenvalue weighted by molar-refractivity contribution is 7.89. The molecule has 3 N–H and O–H groups in total. The molecule has 208 valence electrons. The molecule has 4 atom stereocenters. The van der Waals surface area contributed by atoms with E-state index in [2.05, 4.69) is 10.6 Å². The van der Waals surface area contributed by atoms with Gasteiger partial charge in [-0.25, -0.2) is 22.3 Å². The van der Waals surface area contributed by atoms with E-state index in [-0.39, 0.29) is 6.42 Å². The summed E-state index contributed by atoms with van der Waals surface area (Å²) in [5, 5.41) is 5.32. The Morgan fingerprint density at radius 1 is 1.19 bits per heavy atom. The molecule has 2 heterocycles. The molecule has 13 heteroatoms. The van der Waals surface area contributed by atoms with Crippen LogP contribution in [0.25, 0.3) is 0 Å². The van der Waals surface area contributed by atoms with Gasteiger partial charge in [0.15, 0.2) is 0 Å². The summed E-state index contributed by atoms with van der Waals surface area (Å²) in [5.41, 5.74) is -2.29. The quantitative estimate of drug-likeness (QED) is 0.455. The Morgan fingerprint density at radius 3 is 2.59 bits per heavy atom. The van der Waals surface area contributed by atoms with Crippen molar-refractivity contribution in [2.75, 3.05) is 12.6 Å². The smallest absolute Gasteiger partial charge is 0.408 e. The van der Waals surface area contributed by atoms with E-state index in [1.165, 1.54) is 4.90 Å². The Hall–Kier alpha value is -2.70. The predicted molar refractivity (Wildman–Crippen MR) is 132 cm³/mol. The van der Waals surface area contributed by atoms with Crippen molar-refractivity contribution >= 4 is 33.8 Å². The molecule has 2 fully saturated rings. The van der Waals surface area contributed by atoms with Gasteiger partial charge in [0.1, 0.15) is 23.2 Å². The molecule has 1 saturated carbocycles. The van der Waals surface area contributed by atoms with E-state index in [0.717, 1.165) is 12.8 Å². The minimum absolute atomic E-state index is 0.159. The first kappa shape index (κ1) is 28.9. The van der Waals surface area contributed by atoms with Crippen molar-refractivity contribution < 1.29 is 36.7 Å². The van der Waals surface area contributed by atoms with Gasteiger partial charge >= 0.3 is 6.09 Å². The summed E-state index contributed by atoms with van der Waals surface area (Å²) in [4.78, 5) is 53.6. The number of alkyl carbamates (subject to hydrolysis) is 1. The maximum Gasteiger partial charge on any atom is 0.408 e. The van der Waals surface area contributed by atoms with E-state index in [4.69, 9.17) is 4.74 Å². The monoisotopic (exact) mass is 544 g/mol. The molecule has 1 aliphatic carbocycles. The van der Waals surface area contributed by atoms with Crippen LogP contribution in [0.4, 0.5) is 9.18 Å². The van der Waals surface area contributed by atoms with Crippen LogP contribution in [0.3, 0.4) is 0 Å². The fourth-order valence-electron chi connectivity index (χ4n) is 4.80. The minimum Gasteiger partial charge on any atom is -0.444 e. The first-order chi connectivity index (χ1) is 17.3. The summed E-state index contributed by atoms with van der Waals surface area (Å²) in [7, 11) is -4.48. The lowest BCUT2D eigenvalue weighted by Crippen LogP contribution is -2.58. The van der Waals surface area contributed by atoms with Gasteiger partial charge in [0, 0.05) is 12.5 Å². The van der Waals surface area contributed by atoms with Crippen LogP contribution in [-0.4, -0.2) is 72.9 Å². The molecule has 11 nitrogen and oxygen atoms in total. The summed E-state index contributed by atoms with van der Waals surface area (Å²) < 4.78 is 43.3. The highest BCUT2D eigenvalue weighted by Gasteiger charge is 2.61. The zero-order valence-corrected chi connectivity index (χ0v) is 22.4. The lowest BCUT2D eigenvalue weighted by molar-refractivity contribution is -0.141. The number of amides is 4. The molecule has 0 aromatic heterocycles. The van der Waals surface area contributed by atoms with Crippen LogP contribution in [0, 0.1) is 5.92 Å². The van der Waals surface area contributed by atoms with E-state index in [0.29, 0.717) is 38.6 Å². The molecule has 2 aliphatic heterocycles. The SMILES string of the molecule is CC(C)(C)OC(=O)N[C@H]1CCCCC/C=C\[C@@H]2C[C@@]2(C(=O)NS(=O)(=O)CF)NC(=O)[C@@H]2CCCN2C1=O. The molecular weight excluding hydrogens is 507 g/mol. The van der Waals surface area contributed by atoms with Crippen molar-refractivity contribution in [3.05, 3.63) is 12.2 Å². The third kappa shape index (κ3) is 7.42. The van der Waals surface area contributed by atoms with Gasteiger partial charge in [-0.3, -0.25) is 14.4 Å². The number of hydrogen-bond acceptors (Lipinski definition) is 7. The fourth-order valence-corrected chi connectivity index (χ4v) is 5.32. The predicted octanol–water partition coefficient (Wildman–Crippen LogP) is 1.64. The average Bonchev–Trinajstić information content (AvgIpc) is 3.25. The first-order valence-corrected chi connectivity index (χ1v) is 14.3. The molecule has 1 saturated heterocycles. The Kier molecular flexibility index (Phi) is 8.86. The number of rotatable bonds is 4. The van der Waals surface area contributed by atoms with Gasteiger partial charge in [-0.1, -0.05) is 25.0 Å². The summed E-state index contributed by atoms with van der Waals surface area (Å²) in [6.07, 6.45) is 7.27. The number of sulfonamides is 1. The summed E-state index contributed by atoms with van der Waals surface area (Å²) in [6, 6.07) is -3.54. The number of alkyl halides is 1. The molecule has 0 radical (unpaired) electrons. The molecular formula is C24H37FN4O7S. The second kappa shape index (κ2) is 11.4. The van der Waals surface area contributed by atoms with Crippen LogP contribution in [0.5, 0.6) is 0 Å². The van der Waals surface area contributed by atoms with Crippen molar-refractivity contribution in [3.8, 4) is 0 Å². The average molecular weight is 545 g/mol. The maximum atomic E-state index is 13.5. The molecule has 37 heavy (non-hydrogen) atoms. The van der Waals surface area contributed by atoms with E-state index in [1.807, 2.05) is 6.08 Å². The van der Waals surface area contributed by atoms with E-state index in [1.54, 1.807) is 31.6 Å².